The van der Waals surface area contributed by atoms with Gasteiger partial charge in [-0.3, -0.25) is 19.2 Å². The predicted octanol–water partition coefficient (Wildman–Crippen LogP) is -1.59. The van der Waals surface area contributed by atoms with Crippen molar-refractivity contribution in [2.75, 3.05) is 39.3 Å². The molecule has 8 nitrogen and oxygen atoms in total. The number of carbonyl (C=O) groups excluding carboxylic acids is 4. The van der Waals surface area contributed by atoms with Crippen LogP contribution in [0.5, 0.6) is 0 Å². The van der Waals surface area contributed by atoms with Crippen LogP contribution in [-0.4, -0.2) is 83.6 Å². The van der Waals surface area contributed by atoms with Crippen molar-refractivity contribution >= 4 is 23.6 Å². The summed E-state index contributed by atoms with van der Waals surface area (Å²) in [5.74, 6) is -0.287. The molecule has 3 saturated heterocycles. The summed E-state index contributed by atoms with van der Waals surface area (Å²) in [6.45, 7) is 3.95. The molecular formula is C15H22N4O4. The Morgan fingerprint density at radius 2 is 1.74 bits per heavy atom. The summed E-state index contributed by atoms with van der Waals surface area (Å²) in [6, 6.07) is -0.564. The first-order chi connectivity index (χ1) is 11.0. The normalized spacial score (nSPS) is 26.0. The molecule has 0 radical (unpaired) electrons. The Morgan fingerprint density at radius 3 is 2.39 bits per heavy atom. The predicted molar refractivity (Wildman–Crippen MR) is 80.1 cm³/mol. The van der Waals surface area contributed by atoms with E-state index in [-0.39, 0.29) is 42.6 Å². The molecule has 3 aliphatic rings. The van der Waals surface area contributed by atoms with Crippen LogP contribution in [0, 0.1) is 5.92 Å². The Balaban J connectivity index is 1.60. The number of rotatable bonds is 1. The summed E-state index contributed by atoms with van der Waals surface area (Å²) in [6.07, 6.45) is 1.32. The van der Waals surface area contributed by atoms with Gasteiger partial charge in [0.1, 0.15) is 6.04 Å². The van der Waals surface area contributed by atoms with Gasteiger partial charge < -0.3 is 20.0 Å². The van der Waals surface area contributed by atoms with Crippen LogP contribution in [0.15, 0.2) is 0 Å². The summed E-state index contributed by atoms with van der Waals surface area (Å²) < 4.78 is 0. The molecule has 8 heteroatoms. The van der Waals surface area contributed by atoms with Crippen LogP contribution >= 0.6 is 0 Å². The first-order valence-electron chi connectivity index (χ1n) is 8.09. The van der Waals surface area contributed by atoms with E-state index in [4.69, 9.17) is 0 Å². The number of amides is 4. The molecule has 126 valence electrons. The van der Waals surface area contributed by atoms with Crippen molar-refractivity contribution in [3.8, 4) is 0 Å². The average Bonchev–Trinajstić information content (AvgIpc) is 2.57. The SMILES string of the molecule is CC(=O)N1CCC(C(=O)N2CCN3C(=O)CNC(=O)C3C2)CC1. The van der Waals surface area contributed by atoms with Crippen molar-refractivity contribution in [2.24, 2.45) is 5.92 Å². The molecule has 0 bridgehead atoms. The number of piperidine rings is 1. The van der Waals surface area contributed by atoms with Crippen LogP contribution in [-0.2, 0) is 19.2 Å². The summed E-state index contributed by atoms with van der Waals surface area (Å²) in [4.78, 5) is 52.8. The van der Waals surface area contributed by atoms with Crippen molar-refractivity contribution in [3.63, 3.8) is 0 Å². The van der Waals surface area contributed by atoms with Gasteiger partial charge in [-0.1, -0.05) is 0 Å². The molecule has 3 fully saturated rings. The van der Waals surface area contributed by atoms with Crippen molar-refractivity contribution < 1.29 is 19.2 Å². The topological polar surface area (TPSA) is 90.0 Å². The molecule has 1 atom stereocenters. The van der Waals surface area contributed by atoms with Gasteiger partial charge in [0.25, 0.3) is 0 Å². The summed E-state index contributed by atoms with van der Waals surface area (Å²) >= 11 is 0. The van der Waals surface area contributed by atoms with Gasteiger partial charge in [0.05, 0.1) is 13.1 Å². The van der Waals surface area contributed by atoms with Crippen LogP contribution in [0.25, 0.3) is 0 Å². The number of fused-ring (bicyclic) bond motifs is 1. The molecule has 4 amide bonds. The van der Waals surface area contributed by atoms with Crippen molar-refractivity contribution in [1.82, 2.24) is 20.0 Å². The molecule has 3 rings (SSSR count). The van der Waals surface area contributed by atoms with Gasteiger partial charge in [-0.15, -0.1) is 0 Å². The highest BCUT2D eigenvalue weighted by atomic mass is 16.2. The first kappa shape index (κ1) is 15.8. The van der Waals surface area contributed by atoms with E-state index in [1.165, 1.54) is 0 Å². The van der Waals surface area contributed by atoms with Crippen LogP contribution < -0.4 is 5.32 Å². The molecular weight excluding hydrogens is 300 g/mol. The van der Waals surface area contributed by atoms with Crippen LogP contribution in [0.2, 0.25) is 0 Å². The molecule has 0 aliphatic carbocycles. The molecule has 3 heterocycles. The van der Waals surface area contributed by atoms with Gasteiger partial charge >= 0.3 is 0 Å². The lowest BCUT2D eigenvalue weighted by atomic mass is 9.94. The Kier molecular flexibility index (Phi) is 4.23. The zero-order chi connectivity index (χ0) is 16.6. The minimum atomic E-state index is -0.564. The average molecular weight is 322 g/mol. The van der Waals surface area contributed by atoms with E-state index in [1.807, 2.05) is 0 Å². The Hall–Kier alpha value is -2.12. The van der Waals surface area contributed by atoms with Crippen LogP contribution in [0.1, 0.15) is 19.8 Å². The van der Waals surface area contributed by atoms with E-state index in [2.05, 4.69) is 5.32 Å². The molecule has 0 saturated carbocycles. The zero-order valence-corrected chi connectivity index (χ0v) is 13.3. The zero-order valence-electron chi connectivity index (χ0n) is 13.3. The van der Waals surface area contributed by atoms with Crippen LogP contribution in [0.3, 0.4) is 0 Å². The van der Waals surface area contributed by atoms with E-state index in [9.17, 15) is 19.2 Å². The molecule has 3 aliphatic heterocycles. The van der Waals surface area contributed by atoms with Gasteiger partial charge in [-0.25, -0.2) is 0 Å². The maximum absolute atomic E-state index is 12.7. The molecule has 0 aromatic rings. The molecule has 23 heavy (non-hydrogen) atoms. The third kappa shape index (κ3) is 3.02. The minimum Gasteiger partial charge on any atom is -0.345 e. The second-order valence-corrected chi connectivity index (χ2v) is 6.39. The Labute approximate surface area is 134 Å². The minimum absolute atomic E-state index is 0.0404. The summed E-state index contributed by atoms with van der Waals surface area (Å²) in [5, 5.41) is 2.58. The number of carbonyl (C=O) groups is 4. The number of nitrogens with one attached hydrogen (secondary N) is 1. The number of likely N-dealkylation sites (tertiary alicyclic amines) is 1. The van der Waals surface area contributed by atoms with Crippen molar-refractivity contribution in [1.29, 1.82) is 0 Å². The van der Waals surface area contributed by atoms with E-state index in [1.54, 1.807) is 21.6 Å². The molecule has 0 aromatic heterocycles. The quantitative estimate of drug-likeness (QED) is 0.630. The Morgan fingerprint density at radius 1 is 1.04 bits per heavy atom. The molecule has 1 unspecified atom stereocenters. The molecule has 0 aromatic carbocycles. The fraction of sp³-hybridized carbons (Fsp3) is 0.733. The second-order valence-electron chi connectivity index (χ2n) is 6.39. The van der Waals surface area contributed by atoms with Crippen molar-refractivity contribution in [2.45, 2.75) is 25.8 Å². The smallest absolute Gasteiger partial charge is 0.245 e. The van der Waals surface area contributed by atoms with Crippen molar-refractivity contribution in [3.05, 3.63) is 0 Å². The fourth-order valence-electron chi connectivity index (χ4n) is 3.59. The molecule has 1 N–H and O–H groups in total. The lowest BCUT2D eigenvalue weighted by molar-refractivity contribution is -0.154. The standard InChI is InChI=1S/C15H22N4O4/c1-10(20)17-4-2-11(3-5-17)15(23)18-6-7-19-12(9-18)14(22)16-8-13(19)21/h11-12H,2-9H2,1H3,(H,16,22). The van der Waals surface area contributed by atoms with E-state index < -0.39 is 6.04 Å². The van der Waals surface area contributed by atoms with Crippen LogP contribution in [0.4, 0.5) is 0 Å². The van der Waals surface area contributed by atoms with Gasteiger partial charge in [-0.2, -0.15) is 0 Å². The highest BCUT2D eigenvalue weighted by molar-refractivity contribution is 5.95. The number of hydrogen-bond donors (Lipinski definition) is 1. The number of hydrogen-bond acceptors (Lipinski definition) is 4. The van der Waals surface area contributed by atoms with Gasteiger partial charge in [-0.05, 0) is 12.8 Å². The lowest BCUT2D eigenvalue weighted by Crippen LogP contribution is -2.67. The molecule has 0 spiro atoms. The van der Waals surface area contributed by atoms with E-state index in [0.717, 1.165) is 0 Å². The lowest BCUT2D eigenvalue weighted by Gasteiger charge is -2.44. The first-order valence-corrected chi connectivity index (χ1v) is 8.09. The van der Waals surface area contributed by atoms with E-state index >= 15 is 0 Å². The van der Waals surface area contributed by atoms with E-state index in [0.29, 0.717) is 39.0 Å². The van der Waals surface area contributed by atoms with Gasteiger partial charge in [0.15, 0.2) is 0 Å². The number of nitrogens with zero attached hydrogens (tertiary/aromatic N) is 3. The third-order valence-electron chi connectivity index (χ3n) is 5.02. The maximum atomic E-state index is 12.7. The summed E-state index contributed by atoms with van der Waals surface area (Å²) in [7, 11) is 0. The monoisotopic (exact) mass is 322 g/mol. The maximum Gasteiger partial charge on any atom is 0.245 e. The second kappa shape index (κ2) is 6.17. The fourth-order valence-corrected chi connectivity index (χ4v) is 3.59. The Bertz CT molecular complexity index is 542. The largest absolute Gasteiger partial charge is 0.345 e. The highest BCUT2D eigenvalue weighted by Gasteiger charge is 2.41. The summed E-state index contributed by atoms with van der Waals surface area (Å²) in [5.41, 5.74) is 0. The number of piperazine rings is 2. The van der Waals surface area contributed by atoms with Gasteiger partial charge in [0.2, 0.25) is 23.6 Å². The van der Waals surface area contributed by atoms with Gasteiger partial charge in [0, 0.05) is 39.0 Å². The highest BCUT2D eigenvalue weighted by Crippen LogP contribution is 2.22. The third-order valence-corrected chi connectivity index (χ3v) is 5.02.